The molecule has 0 radical (unpaired) electrons. The fourth-order valence-corrected chi connectivity index (χ4v) is 1.58. The number of hydrogen-bond donors (Lipinski definition) is 0. The minimum atomic E-state index is -0.799. The average Bonchev–Trinajstić information content (AvgIpc) is 2.48. The zero-order valence-electron chi connectivity index (χ0n) is 10.5. The van der Waals surface area contributed by atoms with E-state index in [-0.39, 0.29) is 22.6 Å². The number of rotatable bonds is 4. The highest BCUT2D eigenvalue weighted by Gasteiger charge is 2.15. The Labute approximate surface area is 117 Å². The lowest BCUT2D eigenvalue weighted by Gasteiger charge is -2.06. The monoisotopic (exact) mass is 289 g/mol. The Hall–Kier alpha value is -3.09. The number of nitrogens with zero attached hydrogens (tertiary/aromatic N) is 1. The summed E-state index contributed by atoms with van der Waals surface area (Å²) in [7, 11) is 0. The molecule has 0 saturated carbocycles. The van der Waals surface area contributed by atoms with E-state index in [4.69, 9.17) is 4.74 Å². The number of halogens is 1. The molecular formula is C14H8FNO5. The first kappa shape index (κ1) is 14.3. The molecule has 0 aromatic heterocycles. The third-order valence-corrected chi connectivity index (χ3v) is 2.61. The number of benzene rings is 2. The van der Waals surface area contributed by atoms with Gasteiger partial charge in [-0.25, -0.2) is 9.18 Å². The summed E-state index contributed by atoms with van der Waals surface area (Å²) < 4.78 is 17.7. The van der Waals surface area contributed by atoms with E-state index < -0.39 is 16.7 Å². The summed E-state index contributed by atoms with van der Waals surface area (Å²) in [6.45, 7) is 0. The van der Waals surface area contributed by atoms with E-state index in [2.05, 4.69) is 0 Å². The largest absolute Gasteiger partial charge is 0.422 e. The van der Waals surface area contributed by atoms with Crippen LogP contribution in [0.1, 0.15) is 20.7 Å². The first-order valence-electron chi connectivity index (χ1n) is 5.72. The molecule has 0 heterocycles. The fraction of sp³-hybridized carbons (Fsp3) is 0. The van der Waals surface area contributed by atoms with Gasteiger partial charge in [0.1, 0.15) is 11.6 Å². The van der Waals surface area contributed by atoms with E-state index >= 15 is 0 Å². The van der Waals surface area contributed by atoms with Crippen LogP contribution in [0.4, 0.5) is 10.1 Å². The van der Waals surface area contributed by atoms with Gasteiger partial charge in [0.25, 0.3) is 5.69 Å². The minimum Gasteiger partial charge on any atom is -0.422 e. The summed E-state index contributed by atoms with van der Waals surface area (Å²) >= 11 is 0. The molecule has 6 nitrogen and oxygen atoms in total. The van der Waals surface area contributed by atoms with Crippen LogP contribution in [-0.2, 0) is 0 Å². The average molecular weight is 289 g/mol. The first-order valence-corrected chi connectivity index (χ1v) is 5.72. The predicted molar refractivity (Wildman–Crippen MR) is 69.8 cm³/mol. The Morgan fingerprint density at radius 2 is 1.86 bits per heavy atom. The van der Waals surface area contributed by atoms with Crippen LogP contribution in [0, 0.1) is 15.9 Å². The molecule has 2 aromatic carbocycles. The SMILES string of the molecule is O=Cc1cc([N+](=O)[O-])ccc1OC(=O)c1ccc(F)cc1. The zero-order valence-corrected chi connectivity index (χ0v) is 10.5. The second kappa shape index (κ2) is 5.91. The lowest BCUT2D eigenvalue weighted by Crippen LogP contribution is -2.10. The van der Waals surface area contributed by atoms with Gasteiger partial charge in [-0.3, -0.25) is 14.9 Å². The summed E-state index contributed by atoms with van der Waals surface area (Å²) in [6.07, 6.45) is 0.347. The highest BCUT2D eigenvalue weighted by molar-refractivity contribution is 5.92. The van der Waals surface area contributed by atoms with Crippen molar-refractivity contribution in [2.24, 2.45) is 0 Å². The van der Waals surface area contributed by atoms with Crippen LogP contribution in [0.3, 0.4) is 0 Å². The van der Waals surface area contributed by atoms with E-state index in [0.29, 0.717) is 6.29 Å². The second-order valence-electron chi connectivity index (χ2n) is 3.99. The van der Waals surface area contributed by atoms with Crippen molar-refractivity contribution in [1.82, 2.24) is 0 Å². The molecule has 7 heteroatoms. The van der Waals surface area contributed by atoms with Gasteiger partial charge >= 0.3 is 5.97 Å². The fourth-order valence-electron chi connectivity index (χ4n) is 1.58. The molecule has 2 aromatic rings. The highest BCUT2D eigenvalue weighted by atomic mass is 19.1. The number of esters is 1. The predicted octanol–water partition coefficient (Wildman–Crippen LogP) is 2.77. The Kier molecular flexibility index (Phi) is 4.03. The van der Waals surface area contributed by atoms with Gasteiger partial charge in [-0.15, -0.1) is 0 Å². The molecule has 0 aliphatic carbocycles. The van der Waals surface area contributed by atoms with Crippen molar-refractivity contribution in [3.8, 4) is 5.75 Å². The van der Waals surface area contributed by atoms with Gasteiger partial charge in [-0.1, -0.05) is 0 Å². The molecule has 0 saturated heterocycles. The standard InChI is InChI=1S/C14H8FNO5/c15-11-3-1-9(2-4-11)14(18)21-13-6-5-12(16(19)20)7-10(13)8-17/h1-8H. The maximum atomic E-state index is 12.8. The molecule has 2 rings (SSSR count). The summed E-state index contributed by atoms with van der Waals surface area (Å²) in [4.78, 5) is 32.7. The number of nitro groups is 1. The Morgan fingerprint density at radius 1 is 1.19 bits per heavy atom. The van der Waals surface area contributed by atoms with Crippen molar-refractivity contribution in [3.63, 3.8) is 0 Å². The molecule has 0 aliphatic heterocycles. The van der Waals surface area contributed by atoms with Crippen molar-refractivity contribution in [2.75, 3.05) is 0 Å². The van der Waals surface area contributed by atoms with Crippen LogP contribution in [0.25, 0.3) is 0 Å². The van der Waals surface area contributed by atoms with E-state index in [0.717, 1.165) is 30.3 Å². The van der Waals surface area contributed by atoms with Crippen molar-refractivity contribution >= 4 is 17.9 Å². The van der Waals surface area contributed by atoms with Gasteiger partial charge in [-0.2, -0.15) is 0 Å². The number of non-ortho nitro benzene ring substituents is 1. The number of carbonyl (C=O) groups is 2. The van der Waals surface area contributed by atoms with E-state index in [1.54, 1.807) is 0 Å². The van der Waals surface area contributed by atoms with Crippen molar-refractivity contribution < 1.29 is 23.6 Å². The number of aldehydes is 1. The number of hydrogen-bond acceptors (Lipinski definition) is 5. The summed E-state index contributed by atoms with van der Waals surface area (Å²) in [5.74, 6) is -1.41. The van der Waals surface area contributed by atoms with Gasteiger partial charge in [-0.05, 0) is 30.3 Å². The van der Waals surface area contributed by atoms with Gasteiger partial charge in [0, 0.05) is 12.1 Å². The van der Waals surface area contributed by atoms with Crippen LogP contribution in [0.2, 0.25) is 0 Å². The van der Waals surface area contributed by atoms with E-state index in [1.165, 1.54) is 12.1 Å². The van der Waals surface area contributed by atoms with Crippen LogP contribution in [-0.4, -0.2) is 17.2 Å². The molecular weight excluding hydrogens is 281 g/mol. The molecule has 0 bridgehead atoms. The van der Waals surface area contributed by atoms with E-state index in [1.807, 2.05) is 0 Å². The zero-order chi connectivity index (χ0) is 15.4. The second-order valence-corrected chi connectivity index (χ2v) is 3.99. The van der Waals surface area contributed by atoms with Crippen LogP contribution in [0.5, 0.6) is 5.75 Å². The number of carbonyl (C=O) groups excluding carboxylic acids is 2. The maximum absolute atomic E-state index is 12.8. The van der Waals surface area contributed by atoms with Crippen LogP contribution < -0.4 is 4.74 Å². The smallest absolute Gasteiger partial charge is 0.343 e. The Bertz CT molecular complexity index is 712. The molecule has 21 heavy (non-hydrogen) atoms. The van der Waals surface area contributed by atoms with Gasteiger partial charge in [0.15, 0.2) is 6.29 Å². The third kappa shape index (κ3) is 3.27. The molecule has 0 fully saturated rings. The molecule has 0 unspecified atom stereocenters. The van der Waals surface area contributed by atoms with Crippen molar-refractivity contribution in [3.05, 3.63) is 69.5 Å². The van der Waals surface area contributed by atoms with E-state index in [9.17, 15) is 24.1 Å². The van der Waals surface area contributed by atoms with Gasteiger partial charge < -0.3 is 4.74 Å². The summed E-state index contributed by atoms with van der Waals surface area (Å²) in [6, 6.07) is 7.90. The third-order valence-electron chi connectivity index (χ3n) is 2.61. The molecule has 0 amide bonds. The molecule has 0 aliphatic rings. The topological polar surface area (TPSA) is 86.5 Å². The Balaban J connectivity index is 2.26. The van der Waals surface area contributed by atoms with Crippen molar-refractivity contribution in [1.29, 1.82) is 0 Å². The Morgan fingerprint density at radius 3 is 2.43 bits per heavy atom. The van der Waals surface area contributed by atoms with Crippen molar-refractivity contribution in [2.45, 2.75) is 0 Å². The maximum Gasteiger partial charge on any atom is 0.343 e. The number of ether oxygens (including phenoxy) is 1. The summed E-state index contributed by atoms with van der Waals surface area (Å²) in [5.41, 5.74) is -0.329. The quantitative estimate of drug-likeness (QED) is 0.284. The lowest BCUT2D eigenvalue weighted by atomic mass is 10.2. The first-order chi connectivity index (χ1) is 10.0. The lowest BCUT2D eigenvalue weighted by molar-refractivity contribution is -0.384. The summed E-state index contributed by atoms with van der Waals surface area (Å²) in [5, 5.41) is 10.6. The molecule has 0 N–H and O–H groups in total. The molecule has 0 spiro atoms. The highest BCUT2D eigenvalue weighted by Crippen LogP contribution is 2.23. The van der Waals surface area contributed by atoms with Crippen LogP contribution in [0.15, 0.2) is 42.5 Å². The van der Waals surface area contributed by atoms with Gasteiger partial charge in [0.2, 0.25) is 0 Å². The normalized spacial score (nSPS) is 9.95. The number of nitro benzene ring substituents is 1. The van der Waals surface area contributed by atoms with Gasteiger partial charge in [0.05, 0.1) is 16.1 Å². The van der Waals surface area contributed by atoms with Crippen LogP contribution >= 0.6 is 0 Å². The molecule has 106 valence electrons. The molecule has 0 atom stereocenters. The minimum absolute atomic E-state index is 0.0894.